The monoisotopic (exact) mass is 263 g/mol. The largest absolute Gasteiger partial charge is 0.491 e. The van der Waals surface area contributed by atoms with Crippen LogP contribution in [0.25, 0.3) is 0 Å². The van der Waals surface area contributed by atoms with Gasteiger partial charge < -0.3 is 10.5 Å². The molecule has 19 heavy (non-hydrogen) atoms. The Kier molecular flexibility index (Phi) is 4.39. The first-order valence-electron chi connectivity index (χ1n) is 6.34. The van der Waals surface area contributed by atoms with Gasteiger partial charge in [-0.15, -0.1) is 0 Å². The van der Waals surface area contributed by atoms with Crippen LogP contribution in [0.4, 0.5) is 10.2 Å². The smallest absolute Gasteiger partial charge is 0.165 e. The number of rotatable bonds is 6. The summed E-state index contributed by atoms with van der Waals surface area (Å²) in [5, 5.41) is 4.17. The van der Waals surface area contributed by atoms with Gasteiger partial charge in [0.05, 0.1) is 6.61 Å². The molecule has 0 aliphatic heterocycles. The van der Waals surface area contributed by atoms with Gasteiger partial charge in [0.2, 0.25) is 0 Å². The van der Waals surface area contributed by atoms with E-state index in [0.717, 1.165) is 25.1 Å². The summed E-state index contributed by atoms with van der Waals surface area (Å²) in [6, 6.07) is 8.27. The number of anilines is 1. The van der Waals surface area contributed by atoms with Crippen molar-refractivity contribution in [1.29, 1.82) is 0 Å². The Labute approximate surface area is 112 Å². The lowest BCUT2D eigenvalue weighted by Gasteiger charge is -2.07. The summed E-state index contributed by atoms with van der Waals surface area (Å²) >= 11 is 0. The molecule has 0 aliphatic rings. The van der Waals surface area contributed by atoms with Gasteiger partial charge in [-0.2, -0.15) is 5.10 Å². The van der Waals surface area contributed by atoms with Gasteiger partial charge in [0, 0.05) is 18.3 Å². The fourth-order valence-electron chi connectivity index (χ4n) is 1.87. The van der Waals surface area contributed by atoms with Crippen molar-refractivity contribution >= 4 is 5.82 Å². The lowest BCUT2D eigenvalue weighted by Crippen LogP contribution is -2.05. The van der Waals surface area contributed by atoms with Crippen LogP contribution in [0, 0.1) is 12.7 Å². The van der Waals surface area contributed by atoms with E-state index in [1.807, 2.05) is 17.7 Å². The molecule has 1 heterocycles. The third-order valence-corrected chi connectivity index (χ3v) is 2.86. The highest BCUT2D eigenvalue weighted by Gasteiger charge is 2.02. The van der Waals surface area contributed by atoms with E-state index in [-0.39, 0.29) is 5.82 Å². The molecule has 0 atom stereocenters. The number of hydrogen-bond donors (Lipinski definition) is 1. The van der Waals surface area contributed by atoms with E-state index in [1.165, 1.54) is 6.07 Å². The third kappa shape index (κ3) is 3.71. The molecule has 1 aromatic carbocycles. The highest BCUT2D eigenvalue weighted by molar-refractivity contribution is 5.28. The molecule has 5 heteroatoms. The standard InChI is InChI=1S/C14H18FN3O/c1-11-10-14(16)17-18(11)8-4-5-9-19-13-7-3-2-6-12(13)15/h2-3,6-7,10H,4-5,8-9H2,1H3,(H2,16,17). The summed E-state index contributed by atoms with van der Waals surface area (Å²) < 4.78 is 20.5. The number of unbranched alkanes of at least 4 members (excludes halogenated alkanes) is 1. The molecule has 2 rings (SSSR count). The number of hydrogen-bond acceptors (Lipinski definition) is 3. The molecular weight excluding hydrogens is 245 g/mol. The molecule has 102 valence electrons. The van der Waals surface area contributed by atoms with Crippen LogP contribution < -0.4 is 10.5 Å². The number of aromatic nitrogens is 2. The number of aryl methyl sites for hydroxylation is 2. The van der Waals surface area contributed by atoms with E-state index in [4.69, 9.17) is 10.5 Å². The SMILES string of the molecule is Cc1cc(N)nn1CCCCOc1ccccc1F. The van der Waals surface area contributed by atoms with E-state index >= 15 is 0 Å². The Morgan fingerprint density at radius 3 is 2.79 bits per heavy atom. The highest BCUT2D eigenvalue weighted by atomic mass is 19.1. The predicted molar refractivity (Wildman–Crippen MR) is 72.5 cm³/mol. The normalized spacial score (nSPS) is 10.6. The first-order chi connectivity index (χ1) is 9.16. The first kappa shape index (κ1) is 13.4. The maximum absolute atomic E-state index is 13.3. The fourth-order valence-corrected chi connectivity index (χ4v) is 1.87. The van der Waals surface area contributed by atoms with Crippen LogP contribution in [0.3, 0.4) is 0 Å². The Morgan fingerprint density at radius 2 is 2.11 bits per heavy atom. The Hall–Kier alpha value is -2.04. The molecule has 0 unspecified atom stereocenters. The lowest BCUT2D eigenvalue weighted by atomic mass is 10.3. The molecule has 0 fully saturated rings. The van der Waals surface area contributed by atoms with Crippen molar-refractivity contribution in [2.75, 3.05) is 12.3 Å². The Bertz CT molecular complexity index is 539. The topological polar surface area (TPSA) is 53.1 Å². The van der Waals surface area contributed by atoms with Gasteiger partial charge in [-0.25, -0.2) is 4.39 Å². The molecule has 0 spiro atoms. The van der Waals surface area contributed by atoms with Crippen molar-refractivity contribution in [3.63, 3.8) is 0 Å². The van der Waals surface area contributed by atoms with Gasteiger partial charge in [0.15, 0.2) is 11.6 Å². The number of ether oxygens (including phenoxy) is 1. The summed E-state index contributed by atoms with van der Waals surface area (Å²) in [6.07, 6.45) is 1.75. The summed E-state index contributed by atoms with van der Waals surface area (Å²) in [4.78, 5) is 0. The zero-order valence-electron chi connectivity index (χ0n) is 11.0. The molecule has 0 saturated carbocycles. The van der Waals surface area contributed by atoms with Crippen LogP contribution in [0.2, 0.25) is 0 Å². The zero-order chi connectivity index (χ0) is 13.7. The van der Waals surface area contributed by atoms with Gasteiger partial charge in [-0.05, 0) is 31.9 Å². The lowest BCUT2D eigenvalue weighted by molar-refractivity contribution is 0.287. The van der Waals surface area contributed by atoms with Crippen molar-refractivity contribution < 1.29 is 9.13 Å². The summed E-state index contributed by atoms with van der Waals surface area (Å²) in [7, 11) is 0. The zero-order valence-corrected chi connectivity index (χ0v) is 11.0. The summed E-state index contributed by atoms with van der Waals surface area (Å²) in [5.41, 5.74) is 6.65. The first-order valence-corrected chi connectivity index (χ1v) is 6.34. The van der Waals surface area contributed by atoms with Crippen LogP contribution in [0.5, 0.6) is 5.75 Å². The van der Waals surface area contributed by atoms with Crippen molar-refractivity contribution in [3.8, 4) is 5.75 Å². The van der Waals surface area contributed by atoms with E-state index in [1.54, 1.807) is 18.2 Å². The van der Waals surface area contributed by atoms with Crippen molar-refractivity contribution in [1.82, 2.24) is 9.78 Å². The number of para-hydroxylation sites is 1. The molecule has 0 bridgehead atoms. The van der Waals surface area contributed by atoms with Crippen LogP contribution in [-0.2, 0) is 6.54 Å². The summed E-state index contributed by atoms with van der Waals surface area (Å²) in [6.45, 7) is 3.26. The minimum atomic E-state index is -0.321. The van der Waals surface area contributed by atoms with E-state index in [9.17, 15) is 4.39 Å². The minimum absolute atomic E-state index is 0.307. The Morgan fingerprint density at radius 1 is 1.32 bits per heavy atom. The van der Waals surface area contributed by atoms with Crippen LogP contribution in [0.15, 0.2) is 30.3 Å². The Balaban J connectivity index is 1.70. The average molecular weight is 263 g/mol. The maximum atomic E-state index is 13.3. The minimum Gasteiger partial charge on any atom is -0.491 e. The highest BCUT2D eigenvalue weighted by Crippen LogP contribution is 2.15. The van der Waals surface area contributed by atoms with Crippen LogP contribution >= 0.6 is 0 Å². The van der Waals surface area contributed by atoms with Crippen molar-refractivity contribution in [2.45, 2.75) is 26.3 Å². The third-order valence-electron chi connectivity index (χ3n) is 2.86. The van der Waals surface area contributed by atoms with Crippen molar-refractivity contribution in [3.05, 3.63) is 41.8 Å². The molecule has 0 aliphatic carbocycles. The van der Waals surface area contributed by atoms with E-state index in [0.29, 0.717) is 18.2 Å². The average Bonchev–Trinajstić information content (AvgIpc) is 2.70. The molecule has 0 amide bonds. The van der Waals surface area contributed by atoms with Gasteiger partial charge >= 0.3 is 0 Å². The van der Waals surface area contributed by atoms with Crippen LogP contribution in [-0.4, -0.2) is 16.4 Å². The molecule has 0 radical (unpaired) electrons. The predicted octanol–water partition coefficient (Wildman–Crippen LogP) is 2.77. The number of halogens is 1. The van der Waals surface area contributed by atoms with Gasteiger partial charge in [-0.3, -0.25) is 4.68 Å². The van der Waals surface area contributed by atoms with E-state index in [2.05, 4.69) is 5.10 Å². The van der Waals surface area contributed by atoms with Gasteiger partial charge in [0.1, 0.15) is 5.82 Å². The second-order valence-electron chi connectivity index (χ2n) is 4.42. The number of nitrogens with two attached hydrogens (primary N) is 1. The molecular formula is C14H18FN3O. The van der Waals surface area contributed by atoms with Gasteiger partial charge in [0.25, 0.3) is 0 Å². The number of benzene rings is 1. The van der Waals surface area contributed by atoms with Crippen LogP contribution in [0.1, 0.15) is 18.5 Å². The van der Waals surface area contributed by atoms with Crippen molar-refractivity contribution in [2.24, 2.45) is 0 Å². The second kappa shape index (κ2) is 6.22. The molecule has 2 aromatic rings. The molecule has 4 nitrogen and oxygen atoms in total. The maximum Gasteiger partial charge on any atom is 0.165 e. The molecule has 2 N–H and O–H groups in total. The molecule has 0 saturated heterocycles. The number of nitrogen functional groups attached to an aromatic ring is 1. The quantitative estimate of drug-likeness (QED) is 0.815. The summed E-state index contributed by atoms with van der Waals surface area (Å²) in [5.74, 6) is 0.528. The molecule has 1 aromatic heterocycles. The van der Waals surface area contributed by atoms with E-state index < -0.39 is 0 Å². The second-order valence-corrected chi connectivity index (χ2v) is 4.42. The van der Waals surface area contributed by atoms with Gasteiger partial charge in [-0.1, -0.05) is 12.1 Å². The number of nitrogens with zero attached hydrogens (tertiary/aromatic N) is 2. The fraction of sp³-hybridized carbons (Fsp3) is 0.357.